The van der Waals surface area contributed by atoms with E-state index in [1.807, 2.05) is 4.90 Å². The molecule has 26 heavy (non-hydrogen) atoms. The van der Waals surface area contributed by atoms with E-state index in [0.29, 0.717) is 40.0 Å². The van der Waals surface area contributed by atoms with Gasteiger partial charge in [0.1, 0.15) is 11.5 Å². The Labute approximate surface area is 157 Å². The summed E-state index contributed by atoms with van der Waals surface area (Å²) in [5.74, 6) is 2.03. The van der Waals surface area contributed by atoms with Gasteiger partial charge in [-0.15, -0.1) is 10.2 Å². The Kier molecular flexibility index (Phi) is 6.03. The number of carbonyl (C=O) groups is 1. The van der Waals surface area contributed by atoms with Gasteiger partial charge in [-0.1, -0.05) is 11.8 Å². The molecule has 2 heterocycles. The summed E-state index contributed by atoms with van der Waals surface area (Å²) >= 11 is 1.26. The summed E-state index contributed by atoms with van der Waals surface area (Å²) < 4.78 is 16.3. The van der Waals surface area contributed by atoms with Crippen LogP contribution in [0.3, 0.4) is 0 Å². The molecule has 0 bridgehead atoms. The number of nitrogens with zero attached hydrogens (tertiary/aromatic N) is 3. The second-order valence-electron chi connectivity index (χ2n) is 6.16. The standard InChI is InChI=1S/C18H23N3O4S/c1-12-6-4-5-9-21(12)16(22)11-26-18-20-19-17(25-18)14-8-7-13(23-2)10-15(14)24-3/h7-8,10,12H,4-6,9,11H2,1-3H3/t12-/m0/s1. The molecule has 2 aromatic rings. The van der Waals surface area contributed by atoms with Crippen LogP contribution < -0.4 is 9.47 Å². The molecule has 0 N–H and O–H groups in total. The first-order valence-electron chi connectivity index (χ1n) is 8.60. The number of amides is 1. The lowest BCUT2D eigenvalue weighted by Gasteiger charge is -2.33. The summed E-state index contributed by atoms with van der Waals surface area (Å²) in [7, 11) is 3.17. The first-order chi connectivity index (χ1) is 12.6. The third-order valence-corrected chi connectivity index (χ3v) is 5.29. The third-order valence-electron chi connectivity index (χ3n) is 4.49. The van der Waals surface area contributed by atoms with Crippen LogP contribution in [0.1, 0.15) is 26.2 Å². The Balaban J connectivity index is 1.66. The van der Waals surface area contributed by atoms with Crippen LogP contribution in [-0.2, 0) is 4.79 Å². The number of thioether (sulfide) groups is 1. The molecular formula is C18H23N3O4S. The predicted octanol–water partition coefficient (Wildman–Crippen LogP) is 3.25. The minimum atomic E-state index is 0.115. The zero-order chi connectivity index (χ0) is 18.5. The molecule has 1 atom stereocenters. The van der Waals surface area contributed by atoms with Crippen molar-refractivity contribution in [2.45, 2.75) is 37.5 Å². The third kappa shape index (κ3) is 4.12. The highest BCUT2D eigenvalue weighted by molar-refractivity contribution is 7.99. The maximum atomic E-state index is 12.4. The molecule has 0 radical (unpaired) electrons. The topological polar surface area (TPSA) is 77.7 Å². The summed E-state index contributed by atoms with van der Waals surface area (Å²) in [4.78, 5) is 14.4. The van der Waals surface area contributed by atoms with E-state index < -0.39 is 0 Å². The van der Waals surface area contributed by atoms with E-state index in [-0.39, 0.29) is 5.91 Å². The quantitative estimate of drug-likeness (QED) is 0.715. The first kappa shape index (κ1) is 18.6. The second-order valence-corrected chi connectivity index (χ2v) is 7.09. The van der Waals surface area contributed by atoms with Crippen molar-refractivity contribution in [3.05, 3.63) is 18.2 Å². The highest BCUT2D eigenvalue weighted by Gasteiger charge is 2.24. The number of hydrogen-bond donors (Lipinski definition) is 0. The van der Waals surface area contributed by atoms with Crippen LogP contribution in [0.5, 0.6) is 11.5 Å². The minimum absolute atomic E-state index is 0.115. The summed E-state index contributed by atoms with van der Waals surface area (Å²) in [6.45, 7) is 2.93. The maximum Gasteiger partial charge on any atom is 0.277 e. The number of carbonyl (C=O) groups excluding carboxylic acids is 1. The Bertz CT molecular complexity index is 765. The van der Waals surface area contributed by atoms with Crippen LogP contribution in [0.2, 0.25) is 0 Å². The number of aromatic nitrogens is 2. The number of piperidine rings is 1. The van der Waals surface area contributed by atoms with Gasteiger partial charge < -0.3 is 18.8 Å². The van der Waals surface area contributed by atoms with Crippen LogP contribution in [0.4, 0.5) is 0 Å². The van der Waals surface area contributed by atoms with E-state index in [9.17, 15) is 4.79 Å². The largest absolute Gasteiger partial charge is 0.497 e. The lowest BCUT2D eigenvalue weighted by Crippen LogP contribution is -2.42. The van der Waals surface area contributed by atoms with Crippen molar-refractivity contribution >= 4 is 17.7 Å². The molecule has 7 nitrogen and oxygen atoms in total. The van der Waals surface area contributed by atoms with Crippen molar-refractivity contribution < 1.29 is 18.7 Å². The first-order valence-corrected chi connectivity index (χ1v) is 9.59. The Hall–Kier alpha value is -2.22. The highest BCUT2D eigenvalue weighted by Crippen LogP contribution is 2.33. The highest BCUT2D eigenvalue weighted by atomic mass is 32.2. The van der Waals surface area contributed by atoms with Gasteiger partial charge in [-0.3, -0.25) is 4.79 Å². The molecule has 1 aliphatic rings. The average molecular weight is 377 g/mol. The van der Waals surface area contributed by atoms with Gasteiger partial charge in [0, 0.05) is 18.7 Å². The lowest BCUT2D eigenvalue weighted by atomic mass is 10.0. The van der Waals surface area contributed by atoms with Gasteiger partial charge in [0.05, 0.1) is 25.5 Å². The van der Waals surface area contributed by atoms with Crippen molar-refractivity contribution in [1.29, 1.82) is 0 Å². The monoisotopic (exact) mass is 377 g/mol. The molecule has 0 aliphatic carbocycles. The van der Waals surface area contributed by atoms with E-state index in [4.69, 9.17) is 13.9 Å². The van der Waals surface area contributed by atoms with Crippen LogP contribution in [0.15, 0.2) is 27.8 Å². The summed E-state index contributed by atoms with van der Waals surface area (Å²) in [6, 6.07) is 5.67. The molecule has 0 spiro atoms. The SMILES string of the molecule is COc1ccc(-c2nnc(SCC(=O)N3CCCC[C@@H]3C)o2)c(OC)c1. The van der Waals surface area contributed by atoms with Crippen LogP contribution in [0, 0.1) is 0 Å². The van der Waals surface area contributed by atoms with E-state index in [1.54, 1.807) is 32.4 Å². The van der Waals surface area contributed by atoms with E-state index >= 15 is 0 Å². The van der Waals surface area contributed by atoms with Gasteiger partial charge in [0.2, 0.25) is 5.91 Å². The molecule has 0 unspecified atom stereocenters. The van der Waals surface area contributed by atoms with Crippen LogP contribution in [0.25, 0.3) is 11.5 Å². The van der Waals surface area contributed by atoms with Gasteiger partial charge in [0.15, 0.2) is 0 Å². The molecule has 1 aliphatic heterocycles. The molecule has 1 amide bonds. The molecule has 3 rings (SSSR count). The Morgan fingerprint density at radius 2 is 2.15 bits per heavy atom. The number of ether oxygens (including phenoxy) is 2. The van der Waals surface area contributed by atoms with Gasteiger partial charge in [-0.2, -0.15) is 0 Å². The predicted molar refractivity (Wildman–Crippen MR) is 98.6 cm³/mol. The van der Waals surface area contributed by atoms with Crippen molar-refractivity contribution in [2.24, 2.45) is 0 Å². The van der Waals surface area contributed by atoms with Gasteiger partial charge in [-0.25, -0.2) is 0 Å². The minimum Gasteiger partial charge on any atom is -0.497 e. The summed E-state index contributed by atoms with van der Waals surface area (Å²) in [6.07, 6.45) is 3.33. The average Bonchev–Trinajstić information content (AvgIpc) is 3.14. The van der Waals surface area contributed by atoms with E-state index in [0.717, 1.165) is 19.4 Å². The van der Waals surface area contributed by atoms with Gasteiger partial charge in [-0.05, 0) is 38.3 Å². The van der Waals surface area contributed by atoms with Gasteiger partial charge in [0.25, 0.3) is 11.1 Å². The molecule has 0 saturated carbocycles. The van der Waals surface area contributed by atoms with Crippen LogP contribution >= 0.6 is 11.8 Å². The fraction of sp³-hybridized carbons (Fsp3) is 0.500. The van der Waals surface area contributed by atoms with E-state index in [1.165, 1.54) is 18.2 Å². The van der Waals surface area contributed by atoms with Gasteiger partial charge >= 0.3 is 0 Å². The number of benzene rings is 1. The number of methoxy groups -OCH3 is 2. The summed E-state index contributed by atoms with van der Waals surface area (Å²) in [5, 5.41) is 8.48. The molecule has 1 aromatic carbocycles. The molecule has 1 aromatic heterocycles. The van der Waals surface area contributed by atoms with Crippen LogP contribution in [-0.4, -0.2) is 53.6 Å². The van der Waals surface area contributed by atoms with E-state index in [2.05, 4.69) is 17.1 Å². The molecular weight excluding hydrogens is 354 g/mol. The van der Waals surface area contributed by atoms with Crippen molar-refractivity contribution in [2.75, 3.05) is 26.5 Å². The fourth-order valence-corrected chi connectivity index (χ4v) is 3.68. The number of hydrogen-bond acceptors (Lipinski definition) is 7. The maximum absolute atomic E-state index is 12.4. The molecule has 1 saturated heterocycles. The number of likely N-dealkylation sites (tertiary alicyclic amines) is 1. The Morgan fingerprint density at radius 3 is 2.88 bits per heavy atom. The second kappa shape index (κ2) is 8.44. The van der Waals surface area contributed by atoms with Crippen molar-refractivity contribution in [3.63, 3.8) is 0 Å². The zero-order valence-electron chi connectivity index (χ0n) is 15.2. The summed E-state index contributed by atoms with van der Waals surface area (Å²) in [5.41, 5.74) is 0.684. The zero-order valence-corrected chi connectivity index (χ0v) is 16.0. The fourth-order valence-electron chi connectivity index (χ4n) is 3.03. The normalized spacial score (nSPS) is 17.2. The molecule has 140 valence electrons. The smallest absolute Gasteiger partial charge is 0.277 e. The van der Waals surface area contributed by atoms with Crippen molar-refractivity contribution in [1.82, 2.24) is 15.1 Å². The Morgan fingerprint density at radius 1 is 1.31 bits per heavy atom. The molecule has 8 heteroatoms. The molecule has 1 fully saturated rings. The van der Waals surface area contributed by atoms with Crippen molar-refractivity contribution in [3.8, 4) is 23.0 Å². The number of rotatable bonds is 6. The lowest BCUT2D eigenvalue weighted by molar-refractivity contribution is -0.131.